The van der Waals surface area contributed by atoms with Crippen LogP contribution in [0.3, 0.4) is 0 Å². The Hall–Kier alpha value is -2.04. The van der Waals surface area contributed by atoms with E-state index in [0.717, 1.165) is 24.5 Å². The Morgan fingerprint density at radius 3 is 2.12 bits per heavy atom. The van der Waals surface area contributed by atoms with E-state index in [2.05, 4.69) is 10.6 Å². The zero-order valence-corrected chi connectivity index (χ0v) is 14.8. The van der Waals surface area contributed by atoms with E-state index in [1.165, 1.54) is 51.4 Å². The summed E-state index contributed by atoms with van der Waals surface area (Å²) >= 11 is 0. The van der Waals surface area contributed by atoms with Crippen molar-refractivity contribution in [2.45, 2.75) is 76.3 Å². The number of anilines is 1. The van der Waals surface area contributed by atoms with Crippen LogP contribution in [0, 0.1) is 0 Å². The van der Waals surface area contributed by atoms with E-state index in [-0.39, 0.29) is 5.56 Å². The van der Waals surface area contributed by atoms with Gasteiger partial charge in [-0.15, -0.1) is 0 Å². The maximum absolute atomic E-state index is 10.9. The molecule has 0 unspecified atom stereocenters. The van der Waals surface area contributed by atoms with Crippen molar-refractivity contribution in [1.82, 2.24) is 5.32 Å². The maximum atomic E-state index is 10.9. The normalized spacial score (nSPS) is 20.2. The van der Waals surface area contributed by atoms with E-state index in [0.29, 0.717) is 12.1 Å². The number of carboxylic acids is 1. The molecule has 5 heteroatoms. The number of aromatic carboxylic acids is 1. The molecule has 2 N–H and O–H groups in total. The number of nitrogens with zero attached hydrogens (tertiary/aromatic N) is 1. The van der Waals surface area contributed by atoms with Gasteiger partial charge in [-0.25, -0.2) is 4.99 Å². The minimum atomic E-state index is -1.15. The van der Waals surface area contributed by atoms with Crippen LogP contribution < -0.4 is 15.7 Å². The number of nitrogens with one attached hydrogen (secondary N) is 2. The molecule has 2 aliphatic rings. The number of benzene rings is 1. The maximum Gasteiger partial charge on any atom is 0.196 e. The summed E-state index contributed by atoms with van der Waals surface area (Å²) < 4.78 is 0. The van der Waals surface area contributed by atoms with Gasteiger partial charge in [-0.2, -0.15) is 0 Å². The number of aliphatic imine (C=N–C) groups is 1. The highest BCUT2D eigenvalue weighted by Crippen LogP contribution is 2.22. The van der Waals surface area contributed by atoms with Gasteiger partial charge in [0.25, 0.3) is 0 Å². The van der Waals surface area contributed by atoms with Gasteiger partial charge in [-0.05, 0) is 43.4 Å². The van der Waals surface area contributed by atoms with Crippen molar-refractivity contribution >= 4 is 17.6 Å². The molecule has 1 aromatic carbocycles. The number of carboxylic acid groups (broad SMARTS) is 1. The molecule has 3 rings (SSSR count). The van der Waals surface area contributed by atoms with Crippen LogP contribution in [-0.4, -0.2) is 24.0 Å². The Kier molecular flexibility index (Phi) is 6.31. The minimum absolute atomic E-state index is 0.191. The lowest BCUT2D eigenvalue weighted by molar-refractivity contribution is -0.255. The van der Waals surface area contributed by atoms with Crippen LogP contribution in [0.1, 0.15) is 74.6 Å². The van der Waals surface area contributed by atoms with Crippen molar-refractivity contribution in [2.75, 3.05) is 5.32 Å². The number of guanidine groups is 1. The topological polar surface area (TPSA) is 76.5 Å². The number of hydrogen-bond acceptors (Lipinski definition) is 3. The van der Waals surface area contributed by atoms with Gasteiger partial charge in [-0.1, -0.05) is 50.7 Å². The monoisotopic (exact) mass is 342 g/mol. The predicted octanol–water partition coefficient (Wildman–Crippen LogP) is 3.07. The molecule has 136 valence electrons. The molecule has 2 aliphatic carbocycles. The number of hydrogen-bond donors (Lipinski definition) is 2. The van der Waals surface area contributed by atoms with Gasteiger partial charge in [0, 0.05) is 11.7 Å². The summed E-state index contributed by atoms with van der Waals surface area (Å²) in [5, 5.41) is 17.9. The van der Waals surface area contributed by atoms with E-state index < -0.39 is 5.97 Å². The van der Waals surface area contributed by atoms with Crippen LogP contribution in [0.15, 0.2) is 29.3 Å². The van der Waals surface area contributed by atoms with E-state index in [4.69, 9.17) is 4.99 Å². The van der Waals surface area contributed by atoms with Gasteiger partial charge >= 0.3 is 0 Å². The third-order valence-electron chi connectivity index (χ3n) is 5.22. The van der Waals surface area contributed by atoms with Crippen LogP contribution in [0.25, 0.3) is 0 Å². The van der Waals surface area contributed by atoms with Crippen molar-refractivity contribution in [1.29, 1.82) is 0 Å². The quantitative estimate of drug-likeness (QED) is 0.651. The summed E-state index contributed by atoms with van der Waals surface area (Å²) in [4.78, 5) is 15.8. The molecule has 5 nitrogen and oxygen atoms in total. The molecule has 0 bridgehead atoms. The van der Waals surface area contributed by atoms with Crippen molar-refractivity contribution in [2.24, 2.45) is 4.99 Å². The molecule has 0 radical (unpaired) electrons. The van der Waals surface area contributed by atoms with Crippen LogP contribution in [0.5, 0.6) is 0 Å². The predicted molar refractivity (Wildman–Crippen MR) is 98.7 cm³/mol. The average molecular weight is 342 g/mol. The highest BCUT2D eigenvalue weighted by Gasteiger charge is 2.17. The summed E-state index contributed by atoms with van der Waals surface area (Å²) in [5.74, 6) is -0.317. The first-order valence-electron chi connectivity index (χ1n) is 9.63. The van der Waals surface area contributed by atoms with E-state index in [1.54, 1.807) is 24.3 Å². The molecule has 0 atom stereocenters. The molecule has 0 aromatic heterocycles. The molecule has 0 amide bonds. The second-order valence-electron chi connectivity index (χ2n) is 7.24. The molecule has 0 saturated heterocycles. The van der Waals surface area contributed by atoms with Gasteiger partial charge in [0.1, 0.15) is 0 Å². The summed E-state index contributed by atoms with van der Waals surface area (Å²) in [6, 6.07) is 7.53. The standard InChI is InChI=1S/C20H29N3O2/c24-19(25)15-11-13-18(14-12-15)23-20(21-16-7-3-1-4-8-16)22-17-9-5-2-6-10-17/h11-14,16-17H,1-10H2,(H,24,25)(H2,21,22,23)/p-1. The van der Waals surface area contributed by atoms with E-state index >= 15 is 0 Å². The fourth-order valence-electron chi connectivity index (χ4n) is 3.76. The molecular formula is C20H28N3O2-. The van der Waals surface area contributed by atoms with Gasteiger partial charge in [0.2, 0.25) is 0 Å². The van der Waals surface area contributed by atoms with E-state index in [9.17, 15) is 9.90 Å². The molecule has 25 heavy (non-hydrogen) atoms. The van der Waals surface area contributed by atoms with Crippen LogP contribution >= 0.6 is 0 Å². The number of carbonyl (C=O) groups is 1. The lowest BCUT2D eigenvalue weighted by Gasteiger charge is -2.27. The van der Waals surface area contributed by atoms with Crippen LogP contribution in [-0.2, 0) is 0 Å². The van der Waals surface area contributed by atoms with Gasteiger partial charge in [-0.3, -0.25) is 0 Å². The lowest BCUT2D eigenvalue weighted by Crippen LogP contribution is -2.41. The van der Waals surface area contributed by atoms with Crippen molar-refractivity contribution in [3.63, 3.8) is 0 Å². The Bertz CT molecular complexity index is 585. The first kappa shape index (κ1) is 17.8. The third kappa shape index (κ3) is 5.48. The molecule has 2 fully saturated rings. The van der Waals surface area contributed by atoms with Gasteiger partial charge in [0.15, 0.2) is 5.96 Å². The number of carbonyl (C=O) groups excluding carboxylic acids is 1. The molecule has 0 spiro atoms. The van der Waals surface area contributed by atoms with Gasteiger partial charge < -0.3 is 20.5 Å². The van der Waals surface area contributed by atoms with Crippen molar-refractivity contribution in [3.8, 4) is 0 Å². The second-order valence-corrected chi connectivity index (χ2v) is 7.24. The van der Waals surface area contributed by atoms with Crippen molar-refractivity contribution in [3.05, 3.63) is 29.8 Å². The summed E-state index contributed by atoms with van der Waals surface area (Å²) in [6.45, 7) is 0. The Labute approximate surface area is 149 Å². The first-order valence-corrected chi connectivity index (χ1v) is 9.63. The largest absolute Gasteiger partial charge is 0.545 e. The SMILES string of the molecule is O=C([O-])c1ccc(NC(=NC2CCCCC2)NC2CCCCC2)cc1. The number of rotatable bonds is 4. The Morgan fingerprint density at radius 2 is 1.52 bits per heavy atom. The highest BCUT2D eigenvalue weighted by atomic mass is 16.4. The minimum Gasteiger partial charge on any atom is -0.545 e. The molecule has 1 aromatic rings. The Balaban J connectivity index is 1.69. The molecule has 0 heterocycles. The molecule has 2 saturated carbocycles. The van der Waals surface area contributed by atoms with Crippen molar-refractivity contribution < 1.29 is 9.90 Å². The summed E-state index contributed by atoms with van der Waals surface area (Å²) in [7, 11) is 0. The van der Waals surface area contributed by atoms with Crippen LogP contribution in [0.2, 0.25) is 0 Å². The van der Waals surface area contributed by atoms with Gasteiger partial charge in [0.05, 0.1) is 12.0 Å². The zero-order valence-electron chi connectivity index (χ0n) is 14.8. The summed E-state index contributed by atoms with van der Waals surface area (Å²) in [5.41, 5.74) is 1.04. The highest BCUT2D eigenvalue weighted by molar-refractivity contribution is 5.94. The van der Waals surface area contributed by atoms with E-state index in [1.807, 2.05) is 0 Å². The first-order chi connectivity index (χ1) is 12.2. The second kappa shape index (κ2) is 8.88. The average Bonchev–Trinajstić information content (AvgIpc) is 2.64. The third-order valence-corrected chi connectivity index (χ3v) is 5.22. The smallest absolute Gasteiger partial charge is 0.196 e. The molecular weight excluding hydrogens is 314 g/mol. The fourth-order valence-corrected chi connectivity index (χ4v) is 3.76. The Morgan fingerprint density at radius 1 is 0.920 bits per heavy atom. The van der Waals surface area contributed by atoms with Crippen LogP contribution in [0.4, 0.5) is 5.69 Å². The zero-order chi connectivity index (χ0) is 17.5. The molecule has 0 aliphatic heterocycles. The lowest BCUT2D eigenvalue weighted by atomic mass is 9.95. The summed E-state index contributed by atoms with van der Waals surface area (Å²) in [6.07, 6.45) is 12.4. The fraction of sp³-hybridized carbons (Fsp3) is 0.600.